The number of anilines is 1. The number of aliphatic hydroxyl groups excluding tert-OH is 1. The zero-order valence-corrected chi connectivity index (χ0v) is 13.7. The highest BCUT2D eigenvalue weighted by atomic mass is 19.4. The number of fused-ring (bicyclic) bond motifs is 1. The number of β-amino-alcohol motifs (C(OH)–C–C–N with tert-alkyl or cyclic N) is 1. The Morgan fingerprint density at radius 3 is 2.85 bits per heavy atom. The van der Waals surface area contributed by atoms with E-state index in [2.05, 4.69) is 20.2 Å². The predicted molar refractivity (Wildman–Crippen MR) is 89.6 cm³/mol. The van der Waals surface area contributed by atoms with E-state index in [9.17, 15) is 18.3 Å². The third-order valence-electron chi connectivity index (χ3n) is 4.47. The van der Waals surface area contributed by atoms with Gasteiger partial charge in [0.1, 0.15) is 11.5 Å². The van der Waals surface area contributed by atoms with Gasteiger partial charge in [-0.1, -0.05) is 0 Å². The van der Waals surface area contributed by atoms with E-state index in [1.165, 1.54) is 12.3 Å². The van der Waals surface area contributed by atoms with Gasteiger partial charge in [-0.05, 0) is 37.1 Å². The van der Waals surface area contributed by atoms with Crippen molar-refractivity contribution >= 4 is 16.9 Å². The Kier molecular flexibility index (Phi) is 4.03. The van der Waals surface area contributed by atoms with Crippen LogP contribution in [0, 0.1) is 0 Å². The number of aromatic amines is 1. The van der Waals surface area contributed by atoms with Crippen LogP contribution in [0.15, 0.2) is 30.5 Å². The molecule has 3 aromatic heterocycles. The first kappa shape index (κ1) is 16.8. The molecule has 1 fully saturated rings. The number of H-pyrrole nitrogens is 1. The quantitative estimate of drug-likeness (QED) is 0.732. The van der Waals surface area contributed by atoms with Crippen molar-refractivity contribution in [1.29, 1.82) is 0 Å². The topological polar surface area (TPSA) is 77.9 Å². The molecule has 0 bridgehead atoms. The summed E-state index contributed by atoms with van der Waals surface area (Å²) >= 11 is 0. The number of pyridine rings is 2. The first-order valence-electron chi connectivity index (χ1n) is 8.24. The highest BCUT2D eigenvalue weighted by Gasteiger charge is 2.36. The van der Waals surface area contributed by atoms with Crippen LogP contribution >= 0.6 is 0 Å². The smallest absolute Gasteiger partial charge is 0.391 e. The maximum absolute atomic E-state index is 13.5. The van der Waals surface area contributed by atoms with Crippen molar-refractivity contribution in [1.82, 2.24) is 20.2 Å². The van der Waals surface area contributed by atoms with Gasteiger partial charge in [-0.25, -0.2) is 9.97 Å². The number of alkyl halides is 3. The molecular weight excluding hydrogens is 347 g/mol. The Bertz CT molecular complexity index is 940. The van der Waals surface area contributed by atoms with Gasteiger partial charge < -0.3 is 10.0 Å². The lowest BCUT2D eigenvalue weighted by Gasteiger charge is -2.31. The summed E-state index contributed by atoms with van der Waals surface area (Å²) in [4.78, 5) is 10.1. The molecule has 6 nitrogen and oxygen atoms in total. The van der Waals surface area contributed by atoms with E-state index in [0.717, 1.165) is 12.5 Å². The summed E-state index contributed by atoms with van der Waals surface area (Å²) in [6, 6.07) is 5.67. The molecule has 9 heteroatoms. The molecule has 1 saturated heterocycles. The average Bonchev–Trinajstić information content (AvgIpc) is 3.04. The Morgan fingerprint density at radius 2 is 2.08 bits per heavy atom. The number of halogens is 3. The van der Waals surface area contributed by atoms with Crippen LogP contribution in [0.2, 0.25) is 0 Å². The zero-order chi connectivity index (χ0) is 18.3. The number of nitrogens with one attached hydrogen (secondary N) is 1. The molecular formula is C17H16F3N5O. The van der Waals surface area contributed by atoms with Gasteiger partial charge in [-0.2, -0.15) is 18.3 Å². The van der Waals surface area contributed by atoms with E-state index in [1.807, 2.05) is 0 Å². The van der Waals surface area contributed by atoms with E-state index in [-0.39, 0.29) is 11.4 Å². The van der Waals surface area contributed by atoms with Crippen molar-refractivity contribution < 1.29 is 18.3 Å². The second kappa shape index (κ2) is 6.24. The molecule has 0 aromatic carbocycles. The van der Waals surface area contributed by atoms with Crippen molar-refractivity contribution in [2.45, 2.75) is 25.1 Å². The Hall–Kier alpha value is -2.68. The first-order valence-corrected chi connectivity index (χ1v) is 8.24. The second-order valence-electron chi connectivity index (χ2n) is 6.28. The lowest BCUT2D eigenvalue weighted by Crippen LogP contribution is -2.38. The standard InChI is InChI=1S/C17H16F3N5O/c18-17(19,20)12-5-6-13(25-8-2-3-10(26)9-25)22-15(12)14-11-4-1-7-21-16(11)24-23-14/h1,4-7,10,26H,2-3,8-9H2,(H,21,23,24). The van der Waals surface area contributed by atoms with Crippen LogP contribution in [0.3, 0.4) is 0 Å². The first-order chi connectivity index (χ1) is 12.4. The van der Waals surface area contributed by atoms with Gasteiger partial charge in [-0.3, -0.25) is 5.10 Å². The summed E-state index contributed by atoms with van der Waals surface area (Å²) in [5, 5.41) is 16.9. The molecule has 4 rings (SSSR count). The van der Waals surface area contributed by atoms with Crippen molar-refractivity contribution in [3.05, 3.63) is 36.0 Å². The van der Waals surface area contributed by atoms with Gasteiger partial charge in [0.2, 0.25) is 0 Å². The van der Waals surface area contributed by atoms with Gasteiger partial charge in [0.25, 0.3) is 0 Å². The second-order valence-corrected chi connectivity index (χ2v) is 6.28. The van der Waals surface area contributed by atoms with Gasteiger partial charge in [0.15, 0.2) is 5.65 Å². The van der Waals surface area contributed by atoms with Crippen molar-refractivity contribution in [3.63, 3.8) is 0 Å². The van der Waals surface area contributed by atoms with Crippen LogP contribution in [0.4, 0.5) is 19.0 Å². The van der Waals surface area contributed by atoms with E-state index in [1.54, 1.807) is 17.0 Å². The molecule has 26 heavy (non-hydrogen) atoms. The summed E-state index contributed by atoms with van der Waals surface area (Å²) in [6.45, 7) is 0.989. The molecule has 136 valence electrons. The predicted octanol–water partition coefficient (Wildman–Crippen LogP) is 3.00. The molecule has 1 aliphatic heterocycles. The molecule has 2 N–H and O–H groups in total. The van der Waals surface area contributed by atoms with E-state index < -0.39 is 17.8 Å². The van der Waals surface area contributed by atoms with Crippen molar-refractivity contribution in [2.24, 2.45) is 0 Å². The largest absolute Gasteiger partial charge is 0.418 e. The molecule has 1 unspecified atom stereocenters. The van der Waals surface area contributed by atoms with Crippen LogP contribution in [0.5, 0.6) is 0 Å². The summed E-state index contributed by atoms with van der Waals surface area (Å²) in [5.41, 5.74) is -0.546. The van der Waals surface area contributed by atoms with E-state index >= 15 is 0 Å². The van der Waals surface area contributed by atoms with Gasteiger partial charge in [0.05, 0.1) is 17.4 Å². The van der Waals surface area contributed by atoms with Gasteiger partial charge in [-0.15, -0.1) is 0 Å². The number of hydrogen-bond donors (Lipinski definition) is 2. The zero-order valence-electron chi connectivity index (χ0n) is 13.7. The summed E-state index contributed by atoms with van der Waals surface area (Å²) in [5.74, 6) is 0.401. The fourth-order valence-corrected chi connectivity index (χ4v) is 3.24. The van der Waals surface area contributed by atoms with Crippen LogP contribution < -0.4 is 4.90 Å². The SMILES string of the molecule is OC1CCCN(c2ccc(C(F)(F)F)c(-c3[nH]nc4ncccc34)n2)C1. The van der Waals surface area contributed by atoms with Crippen LogP contribution in [0.1, 0.15) is 18.4 Å². The molecule has 1 aliphatic rings. The lowest BCUT2D eigenvalue weighted by atomic mass is 10.1. The minimum atomic E-state index is -4.55. The van der Waals surface area contributed by atoms with Crippen LogP contribution in [-0.4, -0.2) is 44.5 Å². The number of piperidine rings is 1. The molecule has 3 aromatic rings. The Balaban J connectivity index is 1.86. The Morgan fingerprint density at radius 1 is 1.23 bits per heavy atom. The van der Waals surface area contributed by atoms with Crippen molar-refractivity contribution in [3.8, 4) is 11.4 Å². The molecule has 0 amide bonds. The number of hydrogen-bond acceptors (Lipinski definition) is 5. The monoisotopic (exact) mass is 363 g/mol. The van der Waals surface area contributed by atoms with Gasteiger partial charge in [0, 0.05) is 24.7 Å². The molecule has 0 spiro atoms. The Labute approximate surface area is 146 Å². The fourth-order valence-electron chi connectivity index (χ4n) is 3.24. The molecule has 0 saturated carbocycles. The van der Waals surface area contributed by atoms with Crippen LogP contribution in [0.25, 0.3) is 22.4 Å². The number of aliphatic hydroxyl groups is 1. The van der Waals surface area contributed by atoms with E-state index in [4.69, 9.17) is 0 Å². The molecule has 1 atom stereocenters. The molecule has 0 radical (unpaired) electrons. The third kappa shape index (κ3) is 2.98. The number of rotatable bonds is 2. The van der Waals surface area contributed by atoms with Crippen molar-refractivity contribution in [2.75, 3.05) is 18.0 Å². The summed E-state index contributed by atoms with van der Waals surface area (Å²) < 4.78 is 40.6. The lowest BCUT2D eigenvalue weighted by molar-refractivity contribution is -0.137. The maximum Gasteiger partial charge on any atom is 0.418 e. The summed E-state index contributed by atoms with van der Waals surface area (Å²) in [6.07, 6.45) is -2.09. The van der Waals surface area contributed by atoms with E-state index in [0.29, 0.717) is 36.4 Å². The third-order valence-corrected chi connectivity index (χ3v) is 4.47. The normalized spacial score (nSPS) is 18.5. The maximum atomic E-state index is 13.5. The molecule has 0 aliphatic carbocycles. The summed E-state index contributed by atoms with van der Waals surface area (Å²) in [7, 11) is 0. The minimum absolute atomic E-state index is 0.180. The molecule has 4 heterocycles. The fraction of sp³-hybridized carbons (Fsp3) is 0.353. The highest BCUT2D eigenvalue weighted by Crippen LogP contribution is 2.38. The van der Waals surface area contributed by atoms with Crippen LogP contribution in [-0.2, 0) is 6.18 Å². The van der Waals surface area contributed by atoms with Gasteiger partial charge >= 0.3 is 6.18 Å². The average molecular weight is 363 g/mol. The number of aromatic nitrogens is 4. The minimum Gasteiger partial charge on any atom is -0.391 e. The number of nitrogens with zero attached hydrogens (tertiary/aromatic N) is 4. The highest BCUT2D eigenvalue weighted by molar-refractivity contribution is 5.90.